The standard InChI is InChI=1S/C16H23N3S/c1-13(2)18-12-14-6-4-9-17-16(14)19(3)10-8-15-7-5-11-20-15/h4-7,9,11,13,18H,8,10,12H2,1-3H3. The van der Waals surface area contributed by atoms with E-state index in [2.05, 4.69) is 59.7 Å². The largest absolute Gasteiger partial charge is 0.359 e. The fraction of sp³-hybridized carbons (Fsp3) is 0.438. The third-order valence-corrected chi connectivity index (χ3v) is 4.14. The first kappa shape index (κ1) is 15.0. The van der Waals surface area contributed by atoms with Gasteiger partial charge in [0.15, 0.2) is 0 Å². The van der Waals surface area contributed by atoms with Crippen LogP contribution in [0.1, 0.15) is 24.3 Å². The van der Waals surface area contributed by atoms with Crippen LogP contribution >= 0.6 is 11.3 Å². The van der Waals surface area contributed by atoms with Crippen molar-refractivity contribution in [3.63, 3.8) is 0 Å². The minimum absolute atomic E-state index is 0.486. The van der Waals surface area contributed by atoms with Gasteiger partial charge in [0.25, 0.3) is 0 Å². The number of aromatic nitrogens is 1. The average Bonchev–Trinajstić information content (AvgIpc) is 2.96. The van der Waals surface area contributed by atoms with Crippen LogP contribution in [0.25, 0.3) is 0 Å². The number of rotatable bonds is 7. The maximum atomic E-state index is 4.55. The van der Waals surface area contributed by atoms with Crippen molar-refractivity contribution in [2.45, 2.75) is 32.9 Å². The molecule has 108 valence electrons. The monoisotopic (exact) mass is 289 g/mol. The van der Waals surface area contributed by atoms with Crippen LogP contribution in [0.3, 0.4) is 0 Å². The third-order valence-electron chi connectivity index (χ3n) is 3.20. The first-order valence-corrected chi connectivity index (χ1v) is 7.95. The maximum absolute atomic E-state index is 4.55. The second kappa shape index (κ2) is 7.41. The van der Waals surface area contributed by atoms with E-state index in [1.54, 1.807) is 0 Å². The number of pyridine rings is 1. The summed E-state index contributed by atoms with van der Waals surface area (Å²) in [6.45, 7) is 6.18. The number of hydrogen-bond acceptors (Lipinski definition) is 4. The summed E-state index contributed by atoms with van der Waals surface area (Å²) < 4.78 is 0. The first-order valence-electron chi connectivity index (χ1n) is 7.07. The van der Waals surface area contributed by atoms with E-state index in [-0.39, 0.29) is 0 Å². The van der Waals surface area contributed by atoms with Crippen molar-refractivity contribution >= 4 is 17.2 Å². The summed E-state index contributed by atoms with van der Waals surface area (Å²) >= 11 is 1.82. The van der Waals surface area contributed by atoms with Crippen LogP contribution in [0.4, 0.5) is 5.82 Å². The minimum Gasteiger partial charge on any atom is -0.359 e. The molecule has 0 aliphatic heterocycles. The molecule has 2 rings (SSSR count). The van der Waals surface area contributed by atoms with Gasteiger partial charge in [0, 0.05) is 42.8 Å². The predicted octanol–water partition coefficient (Wildman–Crippen LogP) is 3.32. The molecular weight excluding hydrogens is 266 g/mol. The Labute approximate surface area is 125 Å². The third kappa shape index (κ3) is 4.32. The minimum atomic E-state index is 0.486. The Bertz CT molecular complexity index is 508. The molecule has 0 unspecified atom stereocenters. The molecule has 0 radical (unpaired) electrons. The van der Waals surface area contributed by atoms with Gasteiger partial charge >= 0.3 is 0 Å². The summed E-state index contributed by atoms with van der Waals surface area (Å²) in [5, 5.41) is 5.60. The second-order valence-corrected chi connectivity index (χ2v) is 6.30. The quantitative estimate of drug-likeness (QED) is 0.847. The number of thiophene rings is 1. The molecule has 0 bridgehead atoms. The Morgan fingerprint density at radius 2 is 2.15 bits per heavy atom. The SMILES string of the molecule is CC(C)NCc1cccnc1N(C)CCc1cccs1. The van der Waals surface area contributed by atoms with Crippen LogP contribution in [-0.4, -0.2) is 24.6 Å². The molecule has 0 spiro atoms. The van der Waals surface area contributed by atoms with Crippen LogP contribution in [0.5, 0.6) is 0 Å². The van der Waals surface area contributed by atoms with Crippen molar-refractivity contribution in [1.29, 1.82) is 0 Å². The molecule has 0 aliphatic carbocycles. The molecule has 20 heavy (non-hydrogen) atoms. The van der Waals surface area contributed by atoms with Crippen LogP contribution in [0.15, 0.2) is 35.8 Å². The van der Waals surface area contributed by atoms with E-state index >= 15 is 0 Å². The summed E-state index contributed by atoms with van der Waals surface area (Å²) in [6, 6.07) is 8.95. The molecule has 0 aromatic carbocycles. The van der Waals surface area contributed by atoms with Crippen LogP contribution < -0.4 is 10.2 Å². The van der Waals surface area contributed by atoms with Gasteiger partial charge < -0.3 is 10.2 Å². The van der Waals surface area contributed by atoms with Crippen LogP contribution in [-0.2, 0) is 13.0 Å². The van der Waals surface area contributed by atoms with Gasteiger partial charge in [0.05, 0.1) is 0 Å². The van der Waals surface area contributed by atoms with Crippen LogP contribution in [0, 0.1) is 0 Å². The lowest BCUT2D eigenvalue weighted by Gasteiger charge is -2.21. The molecule has 0 fully saturated rings. The van der Waals surface area contributed by atoms with Gasteiger partial charge in [-0.2, -0.15) is 0 Å². The summed E-state index contributed by atoms with van der Waals surface area (Å²) in [5.74, 6) is 1.08. The van der Waals surface area contributed by atoms with Gasteiger partial charge in [0.1, 0.15) is 5.82 Å². The normalized spacial score (nSPS) is 11.0. The Balaban J connectivity index is 1.99. The first-order chi connectivity index (χ1) is 9.66. The highest BCUT2D eigenvalue weighted by atomic mass is 32.1. The van der Waals surface area contributed by atoms with Crippen molar-refractivity contribution in [3.05, 3.63) is 46.3 Å². The molecule has 2 heterocycles. The molecule has 4 heteroatoms. The zero-order valence-corrected chi connectivity index (χ0v) is 13.3. The Kier molecular flexibility index (Phi) is 5.56. The van der Waals surface area contributed by atoms with Gasteiger partial charge in [-0.1, -0.05) is 26.0 Å². The van der Waals surface area contributed by atoms with E-state index < -0.39 is 0 Å². The van der Waals surface area contributed by atoms with E-state index in [0.717, 1.165) is 25.3 Å². The van der Waals surface area contributed by atoms with E-state index in [4.69, 9.17) is 0 Å². The van der Waals surface area contributed by atoms with E-state index in [1.807, 2.05) is 23.6 Å². The highest BCUT2D eigenvalue weighted by Gasteiger charge is 2.09. The van der Waals surface area contributed by atoms with Crippen molar-refractivity contribution < 1.29 is 0 Å². The van der Waals surface area contributed by atoms with Crippen molar-refractivity contribution in [1.82, 2.24) is 10.3 Å². The summed E-state index contributed by atoms with van der Waals surface area (Å²) in [6.07, 6.45) is 2.94. The summed E-state index contributed by atoms with van der Waals surface area (Å²) in [4.78, 5) is 8.22. The Morgan fingerprint density at radius 1 is 1.30 bits per heavy atom. The van der Waals surface area contributed by atoms with Crippen molar-refractivity contribution in [2.24, 2.45) is 0 Å². The number of nitrogens with zero attached hydrogens (tertiary/aromatic N) is 2. The van der Waals surface area contributed by atoms with E-state index in [9.17, 15) is 0 Å². The zero-order valence-electron chi connectivity index (χ0n) is 12.5. The lowest BCUT2D eigenvalue weighted by Crippen LogP contribution is -2.26. The smallest absolute Gasteiger partial charge is 0.132 e. The summed E-state index contributed by atoms with van der Waals surface area (Å²) in [5.41, 5.74) is 1.26. The predicted molar refractivity (Wildman–Crippen MR) is 87.5 cm³/mol. The Hall–Kier alpha value is -1.39. The highest BCUT2D eigenvalue weighted by Crippen LogP contribution is 2.17. The van der Waals surface area contributed by atoms with Crippen molar-refractivity contribution in [2.75, 3.05) is 18.5 Å². The number of nitrogens with one attached hydrogen (secondary N) is 1. The molecular formula is C16H23N3S. The van der Waals surface area contributed by atoms with Gasteiger partial charge in [-0.15, -0.1) is 11.3 Å². The number of likely N-dealkylation sites (N-methyl/N-ethyl adjacent to an activating group) is 1. The molecule has 3 nitrogen and oxygen atoms in total. The lowest BCUT2D eigenvalue weighted by atomic mass is 10.2. The van der Waals surface area contributed by atoms with Gasteiger partial charge in [-0.3, -0.25) is 0 Å². The molecule has 0 amide bonds. The molecule has 0 aliphatic rings. The van der Waals surface area contributed by atoms with Gasteiger partial charge in [0.2, 0.25) is 0 Å². The Morgan fingerprint density at radius 3 is 2.85 bits per heavy atom. The molecule has 2 aromatic rings. The van der Waals surface area contributed by atoms with E-state index in [1.165, 1.54) is 10.4 Å². The molecule has 0 saturated heterocycles. The zero-order chi connectivity index (χ0) is 14.4. The summed E-state index contributed by atoms with van der Waals surface area (Å²) in [7, 11) is 2.12. The van der Waals surface area contributed by atoms with E-state index in [0.29, 0.717) is 6.04 Å². The maximum Gasteiger partial charge on any atom is 0.132 e. The van der Waals surface area contributed by atoms with Crippen molar-refractivity contribution in [3.8, 4) is 0 Å². The number of hydrogen-bond donors (Lipinski definition) is 1. The van der Waals surface area contributed by atoms with Gasteiger partial charge in [-0.25, -0.2) is 4.98 Å². The lowest BCUT2D eigenvalue weighted by molar-refractivity contribution is 0.587. The molecule has 0 saturated carbocycles. The topological polar surface area (TPSA) is 28.2 Å². The fourth-order valence-corrected chi connectivity index (χ4v) is 2.76. The van der Waals surface area contributed by atoms with Crippen LogP contribution in [0.2, 0.25) is 0 Å². The molecule has 2 aromatic heterocycles. The number of anilines is 1. The highest BCUT2D eigenvalue weighted by molar-refractivity contribution is 7.09. The molecule has 0 atom stereocenters. The fourth-order valence-electron chi connectivity index (χ4n) is 2.06. The second-order valence-electron chi connectivity index (χ2n) is 5.27. The van der Waals surface area contributed by atoms with Gasteiger partial charge in [-0.05, 0) is 23.9 Å². The average molecular weight is 289 g/mol. The molecule has 1 N–H and O–H groups in total.